The molecular formula is C18H19ClN2O. The van der Waals surface area contributed by atoms with Crippen molar-refractivity contribution in [1.29, 1.82) is 0 Å². The van der Waals surface area contributed by atoms with Crippen LogP contribution in [0, 0.1) is 6.92 Å². The van der Waals surface area contributed by atoms with Crippen LogP contribution in [0.4, 0.5) is 10.5 Å². The zero-order chi connectivity index (χ0) is 15.5. The summed E-state index contributed by atoms with van der Waals surface area (Å²) in [6.45, 7) is 2.73. The maximum absolute atomic E-state index is 12.6. The molecule has 1 unspecified atom stereocenters. The van der Waals surface area contributed by atoms with Crippen molar-refractivity contribution in [3.63, 3.8) is 0 Å². The monoisotopic (exact) mass is 314 g/mol. The first kappa shape index (κ1) is 14.9. The molecule has 1 heterocycles. The number of anilines is 1. The molecule has 0 aliphatic carbocycles. The van der Waals surface area contributed by atoms with Gasteiger partial charge in [-0.2, -0.15) is 0 Å². The van der Waals surface area contributed by atoms with Gasteiger partial charge in [0.15, 0.2) is 0 Å². The summed E-state index contributed by atoms with van der Waals surface area (Å²) in [5.41, 5.74) is 2.93. The molecule has 2 aromatic carbocycles. The molecule has 1 N–H and O–H groups in total. The molecule has 0 bridgehead atoms. The Bertz CT molecular complexity index is 672. The summed E-state index contributed by atoms with van der Waals surface area (Å²) in [5.74, 6) is 0. The number of hydrogen-bond donors (Lipinski definition) is 1. The van der Waals surface area contributed by atoms with Crippen LogP contribution in [0.5, 0.6) is 0 Å². The summed E-state index contributed by atoms with van der Waals surface area (Å²) in [7, 11) is 0. The molecule has 0 saturated carbocycles. The summed E-state index contributed by atoms with van der Waals surface area (Å²) in [5, 5.41) is 3.62. The first-order chi connectivity index (χ1) is 10.6. The first-order valence-electron chi connectivity index (χ1n) is 7.54. The molecular weight excluding hydrogens is 296 g/mol. The number of halogens is 1. The fourth-order valence-electron chi connectivity index (χ4n) is 2.90. The largest absolute Gasteiger partial charge is 0.322 e. The molecule has 2 aromatic rings. The van der Waals surface area contributed by atoms with Gasteiger partial charge in [-0.3, -0.25) is 0 Å². The quantitative estimate of drug-likeness (QED) is 0.829. The van der Waals surface area contributed by atoms with Gasteiger partial charge in [-0.05, 0) is 43.0 Å². The molecule has 1 aliphatic rings. The third-order valence-electron chi connectivity index (χ3n) is 4.12. The van der Waals surface area contributed by atoms with Crippen LogP contribution in [-0.4, -0.2) is 17.5 Å². The highest BCUT2D eigenvalue weighted by molar-refractivity contribution is 6.31. The van der Waals surface area contributed by atoms with E-state index in [2.05, 4.69) is 17.4 Å². The van der Waals surface area contributed by atoms with Crippen molar-refractivity contribution < 1.29 is 4.79 Å². The van der Waals surface area contributed by atoms with Crippen molar-refractivity contribution in [2.45, 2.75) is 25.8 Å². The van der Waals surface area contributed by atoms with Gasteiger partial charge in [0.2, 0.25) is 0 Å². The van der Waals surface area contributed by atoms with Gasteiger partial charge in [0.05, 0.1) is 6.04 Å². The van der Waals surface area contributed by atoms with Gasteiger partial charge in [-0.1, -0.05) is 48.0 Å². The number of hydrogen-bond acceptors (Lipinski definition) is 1. The van der Waals surface area contributed by atoms with Crippen molar-refractivity contribution >= 4 is 23.3 Å². The Labute approximate surface area is 135 Å². The van der Waals surface area contributed by atoms with Gasteiger partial charge < -0.3 is 10.2 Å². The van der Waals surface area contributed by atoms with Crippen LogP contribution >= 0.6 is 11.6 Å². The summed E-state index contributed by atoms with van der Waals surface area (Å²) in [6, 6.07) is 15.9. The van der Waals surface area contributed by atoms with Gasteiger partial charge in [0, 0.05) is 17.3 Å². The number of nitrogens with zero attached hydrogens (tertiary/aromatic N) is 1. The lowest BCUT2D eigenvalue weighted by Gasteiger charge is -2.25. The lowest BCUT2D eigenvalue weighted by Crippen LogP contribution is -2.34. The number of nitrogens with one attached hydrogen (secondary N) is 1. The van der Waals surface area contributed by atoms with Crippen molar-refractivity contribution in [1.82, 2.24) is 4.90 Å². The fraction of sp³-hybridized carbons (Fsp3) is 0.278. The second kappa shape index (κ2) is 6.41. The van der Waals surface area contributed by atoms with Crippen molar-refractivity contribution in [2.75, 3.05) is 11.9 Å². The van der Waals surface area contributed by atoms with Crippen molar-refractivity contribution in [2.24, 2.45) is 0 Å². The minimum Gasteiger partial charge on any atom is -0.317 e. The van der Waals surface area contributed by atoms with E-state index in [1.165, 1.54) is 5.56 Å². The molecule has 3 nitrogen and oxygen atoms in total. The average molecular weight is 315 g/mol. The van der Waals surface area contributed by atoms with Crippen LogP contribution in [0.3, 0.4) is 0 Å². The summed E-state index contributed by atoms with van der Waals surface area (Å²) in [6.07, 6.45) is 2.04. The van der Waals surface area contributed by atoms with Crippen molar-refractivity contribution in [3.05, 3.63) is 64.7 Å². The molecule has 22 heavy (non-hydrogen) atoms. The molecule has 4 heteroatoms. The predicted octanol–water partition coefficient (Wildman–Crippen LogP) is 5.02. The molecule has 3 rings (SSSR count). The average Bonchev–Trinajstić information content (AvgIpc) is 3.01. The van der Waals surface area contributed by atoms with Gasteiger partial charge in [-0.25, -0.2) is 4.79 Å². The molecule has 2 amide bonds. The zero-order valence-electron chi connectivity index (χ0n) is 12.6. The van der Waals surface area contributed by atoms with Crippen molar-refractivity contribution in [3.8, 4) is 0 Å². The Morgan fingerprint density at radius 3 is 2.73 bits per heavy atom. The molecule has 1 aliphatic heterocycles. The van der Waals surface area contributed by atoms with Gasteiger partial charge in [0.1, 0.15) is 0 Å². The number of aryl methyl sites for hydroxylation is 1. The summed E-state index contributed by atoms with van der Waals surface area (Å²) < 4.78 is 0. The number of likely N-dealkylation sites (tertiary alicyclic amines) is 1. The van der Waals surface area contributed by atoms with E-state index in [1.54, 1.807) is 6.07 Å². The van der Waals surface area contributed by atoms with Crippen LogP contribution < -0.4 is 5.32 Å². The minimum absolute atomic E-state index is 0.0636. The summed E-state index contributed by atoms with van der Waals surface area (Å²) >= 11 is 6.12. The zero-order valence-corrected chi connectivity index (χ0v) is 13.3. The molecule has 1 atom stereocenters. The van der Waals surface area contributed by atoms with E-state index in [9.17, 15) is 4.79 Å². The minimum atomic E-state index is -0.0636. The van der Waals surface area contributed by atoms with Crippen LogP contribution in [0.2, 0.25) is 5.02 Å². The summed E-state index contributed by atoms with van der Waals surface area (Å²) in [4.78, 5) is 14.5. The highest BCUT2D eigenvalue weighted by Crippen LogP contribution is 2.32. The number of rotatable bonds is 2. The lowest BCUT2D eigenvalue weighted by molar-refractivity contribution is 0.207. The van der Waals surface area contributed by atoms with Crippen LogP contribution in [0.25, 0.3) is 0 Å². The van der Waals surface area contributed by atoms with E-state index >= 15 is 0 Å². The van der Waals surface area contributed by atoms with Crippen LogP contribution in [0.15, 0.2) is 48.5 Å². The van der Waals surface area contributed by atoms with E-state index in [0.29, 0.717) is 5.02 Å². The predicted molar refractivity (Wildman–Crippen MR) is 90.3 cm³/mol. The van der Waals surface area contributed by atoms with E-state index in [4.69, 9.17) is 11.6 Å². The third kappa shape index (κ3) is 3.09. The SMILES string of the molecule is Cc1ccc(NC(=O)N2CCCC2c2ccccc2)cc1Cl. The maximum atomic E-state index is 12.6. The normalized spacial score (nSPS) is 17.5. The molecule has 1 saturated heterocycles. The van der Waals surface area contributed by atoms with E-state index in [0.717, 1.165) is 30.6 Å². The van der Waals surface area contributed by atoms with Gasteiger partial charge >= 0.3 is 6.03 Å². The standard InChI is InChI=1S/C18H19ClN2O/c1-13-9-10-15(12-16(13)19)20-18(22)21-11-5-8-17(21)14-6-3-2-4-7-14/h2-4,6-7,9-10,12,17H,5,8,11H2,1H3,(H,20,22). The maximum Gasteiger partial charge on any atom is 0.322 e. The van der Waals surface area contributed by atoms with Gasteiger partial charge in [0.25, 0.3) is 0 Å². The molecule has 0 spiro atoms. The van der Waals surface area contributed by atoms with Crippen LogP contribution in [0.1, 0.15) is 30.0 Å². The molecule has 0 aromatic heterocycles. The number of urea groups is 1. The van der Waals surface area contributed by atoms with Gasteiger partial charge in [-0.15, -0.1) is 0 Å². The Morgan fingerprint density at radius 1 is 1.23 bits per heavy atom. The Balaban J connectivity index is 1.75. The molecule has 114 valence electrons. The van der Waals surface area contributed by atoms with E-state index in [-0.39, 0.29) is 12.1 Å². The number of amides is 2. The highest BCUT2D eigenvalue weighted by Gasteiger charge is 2.29. The van der Waals surface area contributed by atoms with E-state index < -0.39 is 0 Å². The lowest BCUT2D eigenvalue weighted by atomic mass is 10.1. The second-order valence-corrected chi connectivity index (χ2v) is 6.06. The van der Waals surface area contributed by atoms with E-state index in [1.807, 2.05) is 42.2 Å². The third-order valence-corrected chi connectivity index (χ3v) is 4.53. The highest BCUT2D eigenvalue weighted by atomic mass is 35.5. The Morgan fingerprint density at radius 2 is 2.00 bits per heavy atom. The topological polar surface area (TPSA) is 32.3 Å². The number of carbonyl (C=O) groups is 1. The number of carbonyl (C=O) groups excluding carboxylic acids is 1. The Kier molecular flexibility index (Phi) is 4.34. The van der Waals surface area contributed by atoms with Crippen LogP contribution in [-0.2, 0) is 0 Å². The molecule has 1 fully saturated rings. The smallest absolute Gasteiger partial charge is 0.317 e. The first-order valence-corrected chi connectivity index (χ1v) is 7.91. The second-order valence-electron chi connectivity index (χ2n) is 5.66. The number of benzene rings is 2. The fourth-order valence-corrected chi connectivity index (χ4v) is 3.08. The Hall–Kier alpha value is -2.00. The molecule has 0 radical (unpaired) electrons.